The molecule has 1 saturated heterocycles. The molecule has 3 rings (SSSR count). The van der Waals surface area contributed by atoms with E-state index in [-0.39, 0.29) is 16.1 Å². The summed E-state index contributed by atoms with van der Waals surface area (Å²) < 4.78 is 44.7. The van der Waals surface area contributed by atoms with Crippen LogP contribution in [-0.4, -0.2) is 44.3 Å². The van der Waals surface area contributed by atoms with E-state index in [1.807, 2.05) is 0 Å². The highest BCUT2D eigenvalue weighted by atomic mass is 32.2. The van der Waals surface area contributed by atoms with Crippen molar-refractivity contribution in [2.45, 2.75) is 17.7 Å². The largest absolute Gasteiger partial charge is 0.452 e. The molecule has 28 heavy (non-hydrogen) atoms. The summed E-state index contributed by atoms with van der Waals surface area (Å²) >= 11 is 0. The maximum absolute atomic E-state index is 13.5. The highest BCUT2D eigenvalue weighted by Crippen LogP contribution is 2.21. The molecule has 0 aliphatic carbocycles. The van der Waals surface area contributed by atoms with E-state index in [2.05, 4.69) is 5.32 Å². The second kappa shape index (κ2) is 8.49. The van der Waals surface area contributed by atoms with Gasteiger partial charge in [-0.15, -0.1) is 0 Å². The Kier molecular flexibility index (Phi) is 6.05. The molecule has 1 heterocycles. The number of esters is 1. The average Bonchev–Trinajstić information content (AvgIpc) is 3.24. The third kappa shape index (κ3) is 4.55. The Morgan fingerprint density at radius 3 is 2.32 bits per heavy atom. The van der Waals surface area contributed by atoms with Crippen molar-refractivity contribution in [3.8, 4) is 0 Å². The number of rotatable bonds is 6. The molecule has 1 N–H and O–H groups in total. The molecule has 0 radical (unpaired) electrons. The number of nitrogens with zero attached hydrogens (tertiary/aromatic N) is 1. The molecule has 2 aromatic rings. The molecule has 0 saturated carbocycles. The smallest absolute Gasteiger partial charge is 0.338 e. The summed E-state index contributed by atoms with van der Waals surface area (Å²) in [5.41, 5.74) is 0.0964. The highest BCUT2D eigenvalue weighted by Gasteiger charge is 2.27. The van der Waals surface area contributed by atoms with Crippen LogP contribution in [0.25, 0.3) is 0 Å². The van der Waals surface area contributed by atoms with E-state index in [9.17, 15) is 22.4 Å². The fourth-order valence-electron chi connectivity index (χ4n) is 2.80. The molecule has 0 spiro atoms. The van der Waals surface area contributed by atoms with Crippen molar-refractivity contribution in [3.05, 3.63) is 59.9 Å². The number of para-hydroxylation sites is 1. The van der Waals surface area contributed by atoms with Crippen LogP contribution in [0.3, 0.4) is 0 Å². The predicted molar refractivity (Wildman–Crippen MR) is 99.7 cm³/mol. The van der Waals surface area contributed by atoms with Crippen LogP contribution >= 0.6 is 0 Å². The molecule has 1 amide bonds. The van der Waals surface area contributed by atoms with Gasteiger partial charge < -0.3 is 10.1 Å². The molecule has 1 aliphatic rings. The second-order valence-corrected chi connectivity index (χ2v) is 8.18. The molecule has 0 aromatic heterocycles. The molecular weight excluding hydrogens is 387 g/mol. The number of ether oxygens (including phenoxy) is 1. The van der Waals surface area contributed by atoms with Gasteiger partial charge in [0.15, 0.2) is 6.61 Å². The van der Waals surface area contributed by atoms with Crippen molar-refractivity contribution in [1.29, 1.82) is 0 Å². The molecule has 1 fully saturated rings. The van der Waals surface area contributed by atoms with E-state index >= 15 is 0 Å². The lowest BCUT2D eigenvalue weighted by Crippen LogP contribution is -2.27. The van der Waals surface area contributed by atoms with Crippen LogP contribution in [0.15, 0.2) is 53.4 Å². The van der Waals surface area contributed by atoms with Gasteiger partial charge in [-0.1, -0.05) is 12.1 Å². The van der Waals surface area contributed by atoms with E-state index in [1.165, 1.54) is 46.8 Å². The van der Waals surface area contributed by atoms with Crippen molar-refractivity contribution in [2.75, 3.05) is 25.0 Å². The van der Waals surface area contributed by atoms with Crippen LogP contribution in [0.4, 0.5) is 10.1 Å². The van der Waals surface area contributed by atoms with Crippen molar-refractivity contribution >= 4 is 27.6 Å². The number of amides is 1. The summed E-state index contributed by atoms with van der Waals surface area (Å²) in [6.07, 6.45) is 1.66. The maximum Gasteiger partial charge on any atom is 0.338 e. The van der Waals surface area contributed by atoms with Gasteiger partial charge in [0, 0.05) is 13.1 Å². The number of anilines is 1. The first-order valence-electron chi connectivity index (χ1n) is 8.69. The van der Waals surface area contributed by atoms with E-state index < -0.39 is 34.3 Å². The summed E-state index contributed by atoms with van der Waals surface area (Å²) in [5.74, 6) is -2.07. The van der Waals surface area contributed by atoms with Crippen LogP contribution in [0.2, 0.25) is 0 Å². The lowest BCUT2D eigenvalue weighted by molar-refractivity contribution is -0.119. The molecule has 0 bridgehead atoms. The van der Waals surface area contributed by atoms with E-state index in [0.717, 1.165) is 12.8 Å². The zero-order valence-corrected chi connectivity index (χ0v) is 15.7. The standard InChI is InChI=1S/C19H19FN2O5S/c20-16-5-1-2-6-17(16)21-18(23)13-27-19(24)14-7-9-15(10-8-14)28(25,26)22-11-3-4-12-22/h1-2,5-10H,3-4,11-13H2,(H,21,23). The Balaban J connectivity index is 1.57. The Morgan fingerprint density at radius 1 is 1.04 bits per heavy atom. The monoisotopic (exact) mass is 406 g/mol. The van der Waals surface area contributed by atoms with Crippen molar-refractivity contribution in [2.24, 2.45) is 0 Å². The Bertz CT molecular complexity index is 970. The minimum Gasteiger partial charge on any atom is -0.452 e. The van der Waals surface area contributed by atoms with Crippen LogP contribution in [-0.2, 0) is 19.6 Å². The fraction of sp³-hybridized carbons (Fsp3) is 0.263. The topological polar surface area (TPSA) is 92.8 Å². The number of nitrogens with one attached hydrogen (secondary N) is 1. The quantitative estimate of drug-likeness (QED) is 0.744. The van der Waals surface area contributed by atoms with Gasteiger partial charge in [-0.25, -0.2) is 17.6 Å². The van der Waals surface area contributed by atoms with Gasteiger partial charge in [0.05, 0.1) is 16.1 Å². The number of sulfonamides is 1. The third-order valence-corrected chi connectivity index (χ3v) is 6.19. The maximum atomic E-state index is 13.5. The van der Waals surface area contributed by atoms with Crippen LogP contribution in [0.1, 0.15) is 23.2 Å². The van der Waals surface area contributed by atoms with Gasteiger partial charge >= 0.3 is 5.97 Å². The van der Waals surface area contributed by atoms with Crippen LogP contribution in [0, 0.1) is 5.82 Å². The number of hydrogen-bond acceptors (Lipinski definition) is 5. The van der Waals surface area contributed by atoms with Crippen LogP contribution in [0.5, 0.6) is 0 Å². The minimum absolute atomic E-state index is 0.0139. The van der Waals surface area contributed by atoms with Crippen molar-refractivity contribution < 1.29 is 27.1 Å². The van der Waals surface area contributed by atoms with Gasteiger partial charge in [-0.2, -0.15) is 4.31 Å². The molecule has 148 valence electrons. The molecule has 0 unspecified atom stereocenters. The number of benzene rings is 2. The predicted octanol–water partition coefficient (Wildman–Crippen LogP) is 2.41. The van der Waals surface area contributed by atoms with E-state index in [4.69, 9.17) is 4.74 Å². The zero-order chi connectivity index (χ0) is 20.1. The van der Waals surface area contributed by atoms with Gasteiger partial charge in [0.25, 0.3) is 5.91 Å². The average molecular weight is 406 g/mol. The van der Waals surface area contributed by atoms with Crippen LogP contribution < -0.4 is 5.32 Å². The Hall–Kier alpha value is -2.78. The molecule has 1 aliphatic heterocycles. The third-order valence-electron chi connectivity index (χ3n) is 4.28. The Labute approximate surface area is 162 Å². The number of halogens is 1. The van der Waals surface area contributed by atoms with Gasteiger partial charge in [0.1, 0.15) is 5.82 Å². The summed E-state index contributed by atoms with van der Waals surface area (Å²) in [6.45, 7) is 0.382. The molecule has 9 heteroatoms. The van der Waals surface area contributed by atoms with Crippen molar-refractivity contribution in [3.63, 3.8) is 0 Å². The fourth-order valence-corrected chi connectivity index (χ4v) is 4.32. The first-order chi connectivity index (χ1) is 13.4. The number of hydrogen-bond donors (Lipinski definition) is 1. The summed E-state index contributed by atoms with van der Waals surface area (Å²) in [4.78, 5) is 23.9. The molecule has 2 aromatic carbocycles. The van der Waals surface area contributed by atoms with E-state index in [0.29, 0.717) is 13.1 Å². The van der Waals surface area contributed by atoms with Crippen molar-refractivity contribution in [1.82, 2.24) is 4.31 Å². The molecule has 7 nitrogen and oxygen atoms in total. The molecular formula is C19H19FN2O5S. The Morgan fingerprint density at radius 2 is 1.68 bits per heavy atom. The van der Waals surface area contributed by atoms with Gasteiger partial charge in [-0.3, -0.25) is 4.79 Å². The number of carbonyl (C=O) groups is 2. The highest BCUT2D eigenvalue weighted by molar-refractivity contribution is 7.89. The zero-order valence-electron chi connectivity index (χ0n) is 14.9. The second-order valence-electron chi connectivity index (χ2n) is 6.24. The SMILES string of the molecule is O=C(COC(=O)c1ccc(S(=O)(=O)N2CCCC2)cc1)Nc1ccccc1F. The lowest BCUT2D eigenvalue weighted by Gasteiger charge is -2.15. The first kappa shape index (κ1) is 20.0. The number of carbonyl (C=O) groups excluding carboxylic acids is 2. The first-order valence-corrected chi connectivity index (χ1v) is 10.1. The van der Waals surface area contributed by atoms with Gasteiger partial charge in [0.2, 0.25) is 10.0 Å². The summed E-state index contributed by atoms with van der Waals surface area (Å²) in [7, 11) is -3.56. The van der Waals surface area contributed by atoms with E-state index in [1.54, 1.807) is 6.07 Å². The summed E-state index contributed by atoms with van der Waals surface area (Å²) in [6, 6.07) is 11.0. The molecule has 0 atom stereocenters. The van der Waals surface area contributed by atoms with Gasteiger partial charge in [-0.05, 0) is 49.2 Å². The lowest BCUT2D eigenvalue weighted by atomic mass is 10.2. The summed E-state index contributed by atoms with van der Waals surface area (Å²) in [5, 5.41) is 2.30. The minimum atomic E-state index is -3.56. The normalized spacial score (nSPS) is 14.6.